The Morgan fingerprint density at radius 1 is 1.37 bits per heavy atom. The molecule has 1 aliphatic heterocycles. The number of ketones is 1. The van der Waals surface area contributed by atoms with E-state index in [4.69, 9.17) is 32.7 Å². The smallest absolute Gasteiger partial charge is 0.417 e. The second-order valence-corrected chi connectivity index (χ2v) is 7.39. The van der Waals surface area contributed by atoms with Gasteiger partial charge in [0.05, 0.1) is 28.9 Å². The number of nitriles is 1. The predicted octanol–water partition coefficient (Wildman–Crippen LogP) is 5.64. The molecule has 2 aromatic rings. The summed E-state index contributed by atoms with van der Waals surface area (Å²) in [6.45, 7) is 5.43. The second kappa shape index (κ2) is 8.78. The average Bonchev–Trinajstić information content (AvgIpc) is 2.73. The van der Waals surface area contributed by atoms with Crippen molar-refractivity contribution in [2.24, 2.45) is 5.41 Å². The fraction of sp³-hybridized carbons (Fsp3) is 0.227. The van der Waals surface area contributed by atoms with Crippen LogP contribution in [-0.4, -0.2) is 24.7 Å². The van der Waals surface area contributed by atoms with Gasteiger partial charge in [-0.2, -0.15) is 5.26 Å². The monoisotopic (exact) mass is 444 g/mol. The Morgan fingerprint density at radius 2 is 2.07 bits per heavy atom. The third-order valence-electron chi connectivity index (χ3n) is 4.71. The highest BCUT2D eigenvalue weighted by atomic mass is 35.5. The molecular weight excluding hydrogens is 427 g/mol. The van der Waals surface area contributed by atoms with Crippen molar-refractivity contribution in [1.29, 1.82) is 5.26 Å². The maximum atomic E-state index is 13.5. The molecule has 1 heterocycles. The SMILES string of the molecule is C=CC[C@]1(C#N)C(=O)c2cc(Cl)cc(Cl)c2O[C@H]1N(C(=O)OCC)c1ccccc1. The number of rotatable bonds is 5. The fourth-order valence-corrected chi connectivity index (χ4v) is 3.92. The number of hydrogen-bond acceptors (Lipinski definition) is 5. The highest BCUT2D eigenvalue weighted by Crippen LogP contribution is 2.47. The van der Waals surface area contributed by atoms with Gasteiger partial charge in [-0.25, -0.2) is 9.69 Å². The molecule has 0 N–H and O–H groups in total. The predicted molar refractivity (Wildman–Crippen MR) is 114 cm³/mol. The Hall–Kier alpha value is -3.01. The molecule has 0 bridgehead atoms. The van der Waals surface area contributed by atoms with Crippen molar-refractivity contribution in [3.05, 3.63) is 70.7 Å². The van der Waals surface area contributed by atoms with Crippen LogP contribution < -0.4 is 9.64 Å². The molecule has 0 aromatic heterocycles. The van der Waals surface area contributed by atoms with Crippen LogP contribution >= 0.6 is 23.2 Å². The minimum absolute atomic E-state index is 0.0521. The van der Waals surface area contributed by atoms with Gasteiger partial charge in [0.1, 0.15) is 0 Å². The van der Waals surface area contributed by atoms with E-state index in [1.54, 1.807) is 37.3 Å². The molecule has 1 amide bonds. The first-order valence-corrected chi connectivity index (χ1v) is 9.89. The number of halogens is 2. The van der Waals surface area contributed by atoms with Crippen molar-refractivity contribution in [3.8, 4) is 11.8 Å². The van der Waals surface area contributed by atoms with Crippen LogP contribution in [0.15, 0.2) is 55.1 Å². The molecule has 0 unspecified atom stereocenters. The zero-order valence-corrected chi connectivity index (χ0v) is 17.6. The van der Waals surface area contributed by atoms with Crippen LogP contribution in [0.1, 0.15) is 23.7 Å². The molecule has 0 spiro atoms. The lowest BCUT2D eigenvalue weighted by Gasteiger charge is -2.43. The minimum Gasteiger partial charge on any atom is -0.465 e. The number of nitrogens with zero attached hydrogens (tertiary/aromatic N) is 2. The lowest BCUT2D eigenvalue weighted by molar-refractivity contribution is 0.0440. The van der Waals surface area contributed by atoms with E-state index in [0.29, 0.717) is 5.69 Å². The topological polar surface area (TPSA) is 79.6 Å². The Balaban J connectivity index is 2.27. The summed E-state index contributed by atoms with van der Waals surface area (Å²) >= 11 is 12.4. The van der Waals surface area contributed by atoms with Crippen LogP contribution in [0.4, 0.5) is 10.5 Å². The van der Waals surface area contributed by atoms with Gasteiger partial charge in [0.15, 0.2) is 16.9 Å². The number of para-hydroxylation sites is 1. The number of amides is 1. The van der Waals surface area contributed by atoms with Gasteiger partial charge < -0.3 is 9.47 Å². The van der Waals surface area contributed by atoms with Gasteiger partial charge >= 0.3 is 6.09 Å². The van der Waals surface area contributed by atoms with E-state index in [2.05, 4.69) is 12.6 Å². The number of benzene rings is 2. The molecule has 2 aromatic carbocycles. The summed E-state index contributed by atoms with van der Waals surface area (Å²) in [5, 5.41) is 10.5. The fourth-order valence-electron chi connectivity index (χ4n) is 3.38. The first-order chi connectivity index (χ1) is 14.4. The summed E-state index contributed by atoms with van der Waals surface area (Å²) < 4.78 is 11.3. The Labute approximate surface area is 184 Å². The number of anilines is 1. The van der Waals surface area contributed by atoms with Gasteiger partial charge in [-0.05, 0) is 37.6 Å². The number of hydrogen-bond donors (Lipinski definition) is 0. The summed E-state index contributed by atoms with van der Waals surface area (Å²) in [4.78, 5) is 27.6. The maximum absolute atomic E-state index is 13.5. The van der Waals surface area contributed by atoms with Crippen molar-refractivity contribution >= 4 is 40.8 Å². The van der Waals surface area contributed by atoms with Crippen molar-refractivity contribution < 1.29 is 19.1 Å². The first kappa shape index (κ1) is 21.7. The van der Waals surface area contributed by atoms with Gasteiger partial charge in [-0.15, -0.1) is 6.58 Å². The van der Waals surface area contributed by atoms with E-state index in [-0.39, 0.29) is 34.4 Å². The summed E-state index contributed by atoms with van der Waals surface area (Å²) in [6, 6.07) is 13.4. The summed E-state index contributed by atoms with van der Waals surface area (Å²) in [6.07, 6.45) is -0.748. The number of allylic oxidation sites excluding steroid dienone is 1. The number of Topliss-reactive ketones (excluding diaryl/α,β-unsaturated/α-hetero) is 1. The Morgan fingerprint density at radius 3 is 2.67 bits per heavy atom. The van der Waals surface area contributed by atoms with E-state index in [0.717, 1.165) is 4.90 Å². The zero-order valence-electron chi connectivity index (χ0n) is 16.1. The molecular formula is C22H18Cl2N2O4. The molecule has 30 heavy (non-hydrogen) atoms. The molecule has 3 rings (SSSR count). The van der Waals surface area contributed by atoms with Crippen LogP contribution in [-0.2, 0) is 4.74 Å². The van der Waals surface area contributed by atoms with E-state index >= 15 is 0 Å². The van der Waals surface area contributed by atoms with E-state index in [1.807, 2.05) is 0 Å². The molecule has 0 saturated heterocycles. The standard InChI is InChI=1S/C22H18Cl2N2O4/c1-3-10-22(13-25)19(27)16-11-14(23)12-17(24)18(16)30-20(22)26(21(28)29-4-2)15-8-6-5-7-9-15/h3,5-9,11-12,20H,1,4,10H2,2H3/t20-,22+/m1/s1. The van der Waals surface area contributed by atoms with Crippen LogP contribution in [0.25, 0.3) is 0 Å². The molecule has 0 fully saturated rings. The molecule has 0 radical (unpaired) electrons. The highest BCUT2D eigenvalue weighted by molar-refractivity contribution is 6.36. The molecule has 0 saturated carbocycles. The minimum atomic E-state index is -1.79. The molecule has 154 valence electrons. The van der Waals surface area contributed by atoms with Crippen LogP contribution in [0.5, 0.6) is 5.75 Å². The third-order valence-corrected chi connectivity index (χ3v) is 5.21. The van der Waals surface area contributed by atoms with Crippen molar-refractivity contribution in [2.45, 2.75) is 19.6 Å². The van der Waals surface area contributed by atoms with Crippen LogP contribution in [0.3, 0.4) is 0 Å². The normalized spacial score (nSPS) is 19.8. The zero-order chi connectivity index (χ0) is 21.9. The largest absolute Gasteiger partial charge is 0.465 e. The van der Waals surface area contributed by atoms with E-state index < -0.39 is 23.5 Å². The molecule has 6 nitrogen and oxygen atoms in total. The van der Waals surface area contributed by atoms with Crippen LogP contribution in [0.2, 0.25) is 10.0 Å². The maximum Gasteiger partial charge on any atom is 0.417 e. The number of fused-ring (bicyclic) bond motifs is 1. The lowest BCUT2D eigenvalue weighted by Crippen LogP contribution is -2.59. The van der Waals surface area contributed by atoms with Gasteiger partial charge in [-0.3, -0.25) is 4.79 Å². The molecule has 8 heteroatoms. The van der Waals surface area contributed by atoms with Crippen LogP contribution in [0, 0.1) is 16.7 Å². The molecule has 2 atom stereocenters. The lowest BCUT2D eigenvalue weighted by atomic mass is 9.74. The van der Waals surface area contributed by atoms with Crippen molar-refractivity contribution in [3.63, 3.8) is 0 Å². The quantitative estimate of drug-likeness (QED) is 0.557. The van der Waals surface area contributed by atoms with Gasteiger partial charge in [-0.1, -0.05) is 47.5 Å². The van der Waals surface area contributed by atoms with E-state index in [9.17, 15) is 14.9 Å². The Kier molecular flexibility index (Phi) is 6.35. The van der Waals surface area contributed by atoms with Gasteiger partial charge in [0.25, 0.3) is 0 Å². The average molecular weight is 445 g/mol. The van der Waals surface area contributed by atoms with E-state index in [1.165, 1.54) is 18.2 Å². The van der Waals surface area contributed by atoms with Gasteiger partial charge in [0, 0.05) is 5.02 Å². The van der Waals surface area contributed by atoms with Gasteiger partial charge in [0.2, 0.25) is 6.23 Å². The molecule has 0 aliphatic carbocycles. The van der Waals surface area contributed by atoms with Crippen molar-refractivity contribution in [1.82, 2.24) is 0 Å². The summed E-state index contributed by atoms with van der Waals surface area (Å²) in [5.41, 5.74) is -1.32. The summed E-state index contributed by atoms with van der Waals surface area (Å²) in [5.74, 6) is -0.512. The number of carbonyl (C=O) groups is 2. The summed E-state index contributed by atoms with van der Waals surface area (Å²) in [7, 11) is 0. The Bertz CT molecular complexity index is 1040. The highest BCUT2D eigenvalue weighted by Gasteiger charge is 2.56. The third kappa shape index (κ3) is 3.62. The molecule has 1 aliphatic rings. The number of carbonyl (C=O) groups excluding carboxylic acids is 2. The van der Waals surface area contributed by atoms with Crippen molar-refractivity contribution in [2.75, 3.05) is 11.5 Å². The second-order valence-electron chi connectivity index (χ2n) is 6.54. The number of ether oxygens (including phenoxy) is 2. The first-order valence-electron chi connectivity index (χ1n) is 9.13.